The molecule has 2 atom stereocenters. The van der Waals surface area contributed by atoms with Crippen molar-refractivity contribution in [3.8, 4) is 21.8 Å². The Balaban J connectivity index is 1.13. The topological polar surface area (TPSA) is 137 Å². The highest BCUT2D eigenvalue weighted by Crippen LogP contribution is 2.51. The van der Waals surface area contributed by atoms with Crippen LogP contribution < -0.4 is 14.9 Å². The molecular formula is C35H36F5N7O4S3. The lowest BCUT2D eigenvalue weighted by Gasteiger charge is -2.53. The molecule has 0 unspecified atom stereocenters. The molecule has 19 heteroatoms. The number of sulfonamides is 1. The SMILES string of the molecule is C[C@@H]1CN(C2CC(F)(F)C2)C[C@@H](C)N1c1nc(-c2cccc(NS(=O)(=O)c3c(F)cccc3F)c2F)c(-c2ccnc(NC3CC4(C3)CS(=O)(=O)C4)n2)s1. The van der Waals surface area contributed by atoms with E-state index in [1.54, 1.807) is 6.07 Å². The Morgan fingerprint density at radius 2 is 1.56 bits per heavy atom. The highest BCUT2D eigenvalue weighted by Gasteiger charge is 2.56. The van der Waals surface area contributed by atoms with E-state index in [0.717, 1.165) is 24.3 Å². The summed E-state index contributed by atoms with van der Waals surface area (Å²) in [6, 6.07) is 7.51. The molecule has 2 aromatic carbocycles. The summed E-state index contributed by atoms with van der Waals surface area (Å²) in [6.45, 7) is 4.92. The number of halogens is 5. The maximum absolute atomic E-state index is 16.5. The molecule has 2 aromatic heterocycles. The third-order valence-corrected chi connectivity index (χ3v) is 15.3. The molecular weight excluding hydrogens is 774 g/mol. The highest BCUT2D eigenvalue weighted by molar-refractivity contribution is 7.93. The van der Waals surface area contributed by atoms with Crippen LogP contribution in [0.15, 0.2) is 53.6 Å². The Labute approximate surface area is 313 Å². The molecule has 2 aliphatic heterocycles. The number of sulfone groups is 1. The van der Waals surface area contributed by atoms with Gasteiger partial charge < -0.3 is 10.2 Å². The first-order valence-electron chi connectivity index (χ1n) is 17.4. The smallest absolute Gasteiger partial charge is 0.267 e. The number of piperazine rings is 1. The molecule has 4 aliphatic rings. The van der Waals surface area contributed by atoms with Gasteiger partial charge >= 0.3 is 0 Å². The van der Waals surface area contributed by atoms with Gasteiger partial charge in [-0.15, -0.1) is 0 Å². The number of nitrogens with one attached hydrogen (secondary N) is 2. The summed E-state index contributed by atoms with van der Waals surface area (Å²) in [4.78, 5) is 17.3. The number of aromatic nitrogens is 3. The van der Waals surface area contributed by atoms with Crippen LogP contribution in [0.25, 0.3) is 21.8 Å². The molecule has 1 spiro atoms. The van der Waals surface area contributed by atoms with E-state index < -0.39 is 53.8 Å². The molecule has 0 radical (unpaired) electrons. The van der Waals surface area contributed by atoms with Crippen LogP contribution in [-0.4, -0.2) is 91.4 Å². The minimum atomic E-state index is -4.91. The second-order valence-corrected chi connectivity index (χ2v) is 19.7. The van der Waals surface area contributed by atoms with Crippen LogP contribution in [-0.2, 0) is 19.9 Å². The zero-order valence-electron chi connectivity index (χ0n) is 29.1. The molecule has 0 amide bonds. The van der Waals surface area contributed by atoms with Crippen molar-refractivity contribution in [3.05, 3.63) is 66.1 Å². The maximum atomic E-state index is 16.5. The lowest BCUT2D eigenvalue weighted by Crippen LogP contribution is -2.62. The summed E-state index contributed by atoms with van der Waals surface area (Å²) in [5.74, 6) is -5.79. The van der Waals surface area contributed by atoms with Crippen LogP contribution in [0, 0.1) is 22.9 Å². The van der Waals surface area contributed by atoms with Crippen molar-refractivity contribution in [1.82, 2.24) is 19.9 Å². The molecule has 4 heterocycles. The molecule has 2 saturated carbocycles. The van der Waals surface area contributed by atoms with E-state index in [-0.39, 0.29) is 71.1 Å². The predicted molar refractivity (Wildman–Crippen MR) is 194 cm³/mol. The van der Waals surface area contributed by atoms with E-state index in [0.29, 0.717) is 41.6 Å². The molecule has 54 heavy (non-hydrogen) atoms. The normalized spacial score (nSPS) is 23.7. The van der Waals surface area contributed by atoms with Crippen LogP contribution in [0.3, 0.4) is 0 Å². The van der Waals surface area contributed by atoms with Crippen LogP contribution in [0.4, 0.5) is 38.7 Å². The Hall–Kier alpha value is -3.94. The van der Waals surface area contributed by atoms with Gasteiger partial charge in [-0.2, -0.15) is 0 Å². The molecule has 288 valence electrons. The summed E-state index contributed by atoms with van der Waals surface area (Å²) in [5.41, 5.74) is -0.394. The van der Waals surface area contributed by atoms with Gasteiger partial charge in [0.1, 0.15) is 11.6 Å². The van der Waals surface area contributed by atoms with Crippen molar-refractivity contribution < 1.29 is 38.8 Å². The van der Waals surface area contributed by atoms with Gasteiger partial charge in [0.2, 0.25) is 5.95 Å². The van der Waals surface area contributed by atoms with Crippen molar-refractivity contribution in [2.75, 3.05) is 39.5 Å². The number of benzene rings is 2. The molecule has 0 bridgehead atoms. The van der Waals surface area contributed by atoms with Crippen molar-refractivity contribution in [2.45, 2.75) is 74.5 Å². The fourth-order valence-electron chi connectivity index (χ4n) is 8.38. The second kappa shape index (κ2) is 13.1. The minimum Gasteiger partial charge on any atom is -0.351 e. The predicted octanol–water partition coefficient (Wildman–Crippen LogP) is 6.17. The molecule has 4 aromatic rings. The van der Waals surface area contributed by atoms with Crippen LogP contribution in [0.2, 0.25) is 0 Å². The average molecular weight is 810 g/mol. The van der Waals surface area contributed by atoms with Gasteiger partial charge in [0.25, 0.3) is 15.9 Å². The van der Waals surface area contributed by atoms with Gasteiger partial charge in [0, 0.05) is 67.3 Å². The summed E-state index contributed by atoms with van der Waals surface area (Å²) >= 11 is 1.23. The first-order chi connectivity index (χ1) is 25.4. The van der Waals surface area contributed by atoms with E-state index in [9.17, 15) is 34.4 Å². The molecule has 11 nitrogen and oxygen atoms in total. The van der Waals surface area contributed by atoms with Gasteiger partial charge in [-0.25, -0.2) is 53.7 Å². The Kier molecular flexibility index (Phi) is 8.97. The Bertz CT molecular complexity index is 2300. The molecule has 2 aliphatic carbocycles. The zero-order chi connectivity index (χ0) is 38.4. The third kappa shape index (κ3) is 6.81. The standard InChI is InChI=1S/C35H36F5N7O4S3/c1-19-15-46(22-13-35(39,40)14-22)16-20(2)47(19)33-44-29(23-5-3-8-26(28(23)38)45-54(50,51)31-24(36)6-4-7-25(31)37)30(52-33)27-9-10-41-32(43-27)42-21-11-34(12-21)17-53(48,49)18-34/h3-10,19-22,45H,11-18H2,1-2H3,(H,41,42,43)/t19-,20-/m1/s1. The Morgan fingerprint density at radius 1 is 0.907 bits per heavy atom. The van der Waals surface area contributed by atoms with E-state index in [2.05, 4.69) is 20.1 Å². The average Bonchev–Trinajstić information content (AvgIpc) is 3.47. The lowest BCUT2D eigenvalue weighted by molar-refractivity contribution is -0.128. The van der Waals surface area contributed by atoms with E-state index in [4.69, 9.17) is 9.97 Å². The summed E-state index contributed by atoms with van der Waals surface area (Å²) in [6.07, 6.45) is 2.46. The fourth-order valence-corrected chi connectivity index (χ4v) is 13.1. The minimum absolute atomic E-state index is 0.0395. The van der Waals surface area contributed by atoms with Crippen LogP contribution in [0.1, 0.15) is 39.5 Å². The van der Waals surface area contributed by atoms with Gasteiger partial charge in [0.15, 0.2) is 25.7 Å². The summed E-state index contributed by atoms with van der Waals surface area (Å²) in [5, 5.41) is 3.77. The maximum Gasteiger partial charge on any atom is 0.267 e. The molecule has 2 saturated heterocycles. The molecule has 4 fully saturated rings. The number of hydrogen-bond acceptors (Lipinski definition) is 11. The second-order valence-electron chi connectivity index (χ2n) is 15.0. The van der Waals surface area contributed by atoms with Gasteiger partial charge in [-0.1, -0.05) is 23.5 Å². The zero-order valence-corrected chi connectivity index (χ0v) is 31.5. The van der Waals surface area contributed by atoms with Gasteiger partial charge in [-0.05, 0) is 57.0 Å². The third-order valence-electron chi connectivity index (χ3n) is 10.7. The summed E-state index contributed by atoms with van der Waals surface area (Å²) in [7, 11) is -7.89. The highest BCUT2D eigenvalue weighted by atomic mass is 32.2. The van der Waals surface area contributed by atoms with Gasteiger partial charge in [-0.3, -0.25) is 9.62 Å². The van der Waals surface area contributed by atoms with Crippen molar-refractivity contribution >= 4 is 48.0 Å². The molecule has 2 N–H and O–H groups in total. The van der Waals surface area contributed by atoms with Crippen molar-refractivity contribution in [1.29, 1.82) is 0 Å². The number of hydrogen-bond donors (Lipinski definition) is 2. The number of thiazole rings is 1. The summed E-state index contributed by atoms with van der Waals surface area (Å²) < 4.78 is 125. The first kappa shape index (κ1) is 37.0. The van der Waals surface area contributed by atoms with E-state index in [1.807, 2.05) is 18.6 Å². The first-order valence-corrected chi connectivity index (χ1v) is 21.5. The fraction of sp³-hybridized carbons (Fsp3) is 0.457. The Morgan fingerprint density at radius 3 is 2.19 bits per heavy atom. The van der Waals surface area contributed by atoms with E-state index in [1.165, 1.54) is 29.7 Å². The number of alkyl halides is 2. The quantitative estimate of drug-likeness (QED) is 0.189. The van der Waals surface area contributed by atoms with Crippen molar-refractivity contribution in [2.24, 2.45) is 5.41 Å². The monoisotopic (exact) mass is 809 g/mol. The van der Waals surface area contributed by atoms with E-state index >= 15 is 4.39 Å². The van der Waals surface area contributed by atoms with Crippen LogP contribution >= 0.6 is 11.3 Å². The molecule has 8 rings (SSSR count). The van der Waals surface area contributed by atoms with Gasteiger partial charge in [0.05, 0.1) is 33.5 Å². The van der Waals surface area contributed by atoms with Crippen molar-refractivity contribution in [3.63, 3.8) is 0 Å². The number of nitrogens with zero attached hydrogens (tertiary/aromatic N) is 5. The number of rotatable bonds is 9. The number of anilines is 3. The van der Waals surface area contributed by atoms with Crippen LogP contribution in [0.5, 0.6) is 0 Å². The largest absolute Gasteiger partial charge is 0.351 e. The lowest BCUT2D eigenvalue weighted by atomic mass is 9.67.